The van der Waals surface area contributed by atoms with Crippen molar-refractivity contribution in [1.82, 2.24) is 9.88 Å². The zero-order chi connectivity index (χ0) is 16.5. The maximum absolute atomic E-state index is 5.96. The average molecular weight is 344 g/mol. The zero-order valence-corrected chi connectivity index (χ0v) is 14.6. The van der Waals surface area contributed by atoms with Crippen LogP contribution in [0.4, 0.5) is 0 Å². The van der Waals surface area contributed by atoms with Crippen molar-refractivity contribution in [3.05, 3.63) is 46.1 Å². The Kier molecular flexibility index (Phi) is 4.26. The summed E-state index contributed by atoms with van der Waals surface area (Å²) in [5.41, 5.74) is 1.95. The van der Waals surface area contributed by atoms with Gasteiger partial charge in [0.2, 0.25) is 0 Å². The molecule has 0 bridgehead atoms. The number of aryl methyl sites for hydroxylation is 1. The van der Waals surface area contributed by atoms with Crippen LogP contribution in [0.5, 0.6) is 5.75 Å². The molecule has 3 aromatic rings. The molecule has 2 aromatic heterocycles. The molecular weight excluding hydrogens is 324 g/mol. The monoisotopic (exact) mass is 344 g/mol. The second-order valence-corrected chi connectivity index (χ2v) is 6.93. The fraction of sp³-hybridized carbons (Fsp3) is 0.389. The van der Waals surface area contributed by atoms with Gasteiger partial charge in [-0.1, -0.05) is 0 Å². The molecule has 1 fully saturated rings. The first-order valence-electron chi connectivity index (χ1n) is 8.04. The van der Waals surface area contributed by atoms with E-state index in [0.29, 0.717) is 0 Å². The standard InChI is InChI=1S/C18H20N2O3S/c1-12-11-24-18(19-12)17-10-20(5-6-22-17)9-15-8-13-7-14(21-2)3-4-16(13)23-15/h3-4,7-8,11,17H,5-6,9-10H2,1-2H3. The average Bonchev–Trinajstić information content (AvgIpc) is 3.20. The number of methoxy groups -OCH3 is 1. The maximum Gasteiger partial charge on any atom is 0.134 e. The molecule has 0 aliphatic carbocycles. The van der Waals surface area contributed by atoms with Crippen LogP contribution in [0.3, 0.4) is 0 Å². The second-order valence-electron chi connectivity index (χ2n) is 6.04. The van der Waals surface area contributed by atoms with Gasteiger partial charge in [-0.2, -0.15) is 0 Å². The minimum atomic E-state index is 0.0573. The summed E-state index contributed by atoms with van der Waals surface area (Å²) in [5, 5.41) is 4.21. The third-order valence-corrected chi connectivity index (χ3v) is 5.27. The van der Waals surface area contributed by atoms with Crippen LogP contribution in [0.25, 0.3) is 11.0 Å². The van der Waals surface area contributed by atoms with E-state index in [-0.39, 0.29) is 6.10 Å². The van der Waals surface area contributed by atoms with Crippen molar-refractivity contribution in [1.29, 1.82) is 0 Å². The molecule has 0 saturated carbocycles. The number of furan rings is 1. The minimum absolute atomic E-state index is 0.0573. The number of fused-ring (bicyclic) bond motifs is 1. The molecule has 4 rings (SSSR count). The van der Waals surface area contributed by atoms with Crippen LogP contribution < -0.4 is 4.74 Å². The Morgan fingerprint density at radius 1 is 1.38 bits per heavy atom. The highest BCUT2D eigenvalue weighted by molar-refractivity contribution is 7.09. The van der Waals surface area contributed by atoms with Gasteiger partial charge in [-0.05, 0) is 31.2 Å². The molecule has 1 aliphatic heterocycles. The number of rotatable bonds is 4. The topological polar surface area (TPSA) is 47.7 Å². The Labute approximate surface area is 144 Å². The normalized spacial score (nSPS) is 19.0. The molecule has 1 aliphatic rings. The van der Waals surface area contributed by atoms with Crippen LogP contribution in [-0.2, 0) is 11.3 Å². The largest absolute Gasteiger partial charge is 0.497 e. The molecule has 6 heteroatoms. The smallest absolute Gasteiger partial charge is 0.134 e. The number of benzene rings is 1. The molecule has 126 valence electrons. The third-order valence-electron chi connectivity index (χ3n) is 4.22. The van der Waals surface area contributed by atoms with Crippen molar-refractivity contribution >= 4 is 22.3 Å². The molecular formula is C18H20N2O3S. The van der Waals surface area contributed by atoms with E-state index in [1.165, 1.54) is 0 Å². The molecule has 1 saturated heterocycles. The Bertz CT molecular complexity index is 842. The minimum Gasteiger partial charge on any atom is -0.497 e. The van der Waals surface area contributed by atoms with Crippen molar-refractivity contribution in [2.75, 3.05) is 26.8 Å². The molecule has 0 spiro atoms. The predicted octanol–water partition coefficient (Wildman–Crippen LogP) is 3.78. The number of nitrogens with zero attached hydrogens (tertiary/aromatic N) is 2. The summed E-state index contributed by atoms with van der Waals surface area (Å²) in [6.45, 7) is 5.26. The Morgan fingerprint density at radius 3 is 3.08 bits per heavy atom. The predicted molar refractivity (Wildman–Crippen MR) is 93.6 cm³/mol. The van der Waals surface area contributed by atoms with Crippen LogP contribution in [0.15, 0.2) is 34.1 Å². The summed E-state index contributed by atoms with van der Waals surface area (Å²) in [4.78, 5) is 6.92. The van der Waals surface area contributed by atoms with Gasteiger partial charge in [0, 0.05) is 29.5 Å². The van der Waals surface area contributed by atoms with E-state index in [1.807, 2.05) is 25.1 Å². The molecule has 0 radical (unpaired) electrons. The summed E-state index contributed by atoms with van der Waals surface area (Å²) in [6, 6.07) is 7.97. The van der Waals surface area contributed by atoms with Gasteiger partial charge in [0.1, 0.15) is 28.2 Å². The summed E-state index contributed by atoms with van der Waals surface area (Å²) in [6.07, 6.45) is 0.0573. The quantitative estimate of drug-likeness (QED) is 0.721. The van der Waals surface area contributed by atoms with E-state index >= 15 is 0 Å². The Hall–Kier alpha value is -1.89. The number of thiazole rings is 1. The van der Waals surface area contributed by atoms with E-state index in [0.717, 1.165) is 59.4 Å². The maximum atomic E-state index is 5.96. The van der Waals surface area contributed by atoms with Crippen LogP contribution in [0.2, 0.25) is 0 Å². The van der Waals surface area contributed by atoms with Crippen molar-refractivity contribution in [3.63, 3.8) is 0 Å². The first kappa shape index (κ1) is 15.6. The van der Waals surface area contributed by atoms with Crippen molar-refractivity contribution in [3.8, 4) is 5.75 Å². The number of aromatic nitrogens is 1. The first-order valence-corrected chi connectivity index (χ1v) is 8.91. The number of hydrogen-bond donors (Lipinski definition) is 0. The van der Waals surface area contributed by atoms with Crippen LogP contribution in [0.1, 0.15) is 22.6 Å². The van der Waals surface area contributed by atoms with E-state index < -0.39 is 0 Å². The summed E-state index contributed by atoms with van der Waals surface area (Å²) < 4.78 is 17.1. The van der Waals surface area contributed by atoms with Crippen molar-refractivity contribution < 1.29 is 13.9 Å². The highest BCUT2D eigenvalue weighted by atomic mass is 32.1. The van der Waals surface area contributed by atoms with Gasteiger partial charge in [-0.3, -0.25) is 4.90 Å². The van der Waals surface area contributed by atoms with Gasteiger partial charge in [0.15, 0.2) is 0 Å². The molecule has 0 N–H and O–H groups in total. The lowest BCUT2D eigenvalue weighted by Gasteiger charge is -2.31. The number of morpholine rings is 1. The first-order chi connectivity index (χ1) is 11.7. The highest BCUT2D eigenvalue weighted by Crippen LogP contribution is 2.28. The molecule has 0 amide bonds. The molecule has 5 nitrogen and oxygen atoms in total. The second kappa shape index (κ2) is 6.55. The lowest BCUT2D eigenvalue weighted by molar-refractivity contribution is -0.0346. The highest BCUT2D eigenvalue weighted by Gasteiger charge is 2.25. The summed E-state index contributed by atoms with van der Waals surface area (Å²) in [5.74, 6) is 1.81. The fourth-order valence-corrected chi connectivity index (χ4v) is 3.85. The van der Waals surface area contributed by atoms with Crippen molar-refractivity contribution in [2.24, 2.45) is 0 Å². The van der Waals surface area contributed by atoms with Gasteiger partial charge in [0.05, 0.1) is 20.3 Å². The van der Waals surface area contributed by atoms with Crippen LogP contribution in [-0.4, -0.2) is 36.7 Å². The third kappa shape index (κ3) is 3.17. The summed E-state index contributed by atoms with van der Waals surface area (Å²) in [7, 11) is 1.68. The summed E-state index contributed by atoms with van der Waals surface area (Å²) >= 11 is 1.67. The van der Waals surface area contributed by atoms with E-state index in [9.17, 15) is 0 Å². The zero-order valence-electron chi connectivity index (χ0n) is 13.8. The van der Waals surface area contributed by atoms with E-state index in [1.54, 1.807) is 18.4 Å². The fourth-order valence-electron chi connectivity index (χ4n) is 3.02. The van der Waals surface area contributed by atoms with Crippen LogP contribution in [0, 0.1) is 6.92 Å². The van der Waals surface area contributed by atoms with Gasteiger partial charge >= 0.3 is 0 Å². The lowest BCUT2D eigenvalue weighted by atomic mass is 10.2. The van der Waals surface area contributed by atoms with E-state index in [4.69, 9.17) is 13.9 Å². The van der Waals surface area contributed by atoms with Gasteiger partial charge in [-0.15, -0.1) is 11.3 Å². The molecule has 24 heavy (non-hydrogen) atoms. The van der Waals surface area contributed by atoms with Gasteiger partial charge in [-0.25, -0.2) is 4.98 Å². The SMILES string of the molecule is COc1ccc2oc(CN3CCOC(c4nc(C)cs4)C3)cc2c1. The van der Waals surface area contributed by atoms with Crippen LogP contribution >= 0.6 is 11.3 Å². The molecule has 3 heterocycles. The number of hydrogen-bond acceptors (Lipinski definition) is 6. The number of ether oxygens (including phenoxy) is 2. The van der Waals surface area contributed by atoms with E-state index in [2.05, 4.69) is 21.3 Å². The lowest BCUT2D eigenvalue weighted by Crippen LogP contribution is -2.37. The Morgan fingerprint density at radius 2 is 2.29 bits per heavy atom. The molecule has 1 aromatic carbocycles. The molecule has 1 unspecified atom stereocenters. The van der Waals surface area contributed by atoms with Crippen molar-refractivity contribution in [2.45, 2.75) is 19.6 Å². The molecule has 1 atom stereocenters. The Balaban J connectivity index is 1.48. The van der Waals surface area contributed by atoms with Gasteiger partial charge in [0.25, 0.3) is 0 Å². The van der Waals surface area contributed by atoms with Gasteiger partial charge < -0.3 is 13.9 Å².